The number of hydrogen-bond acceptors (Lipinski definition) is 2. The van der Waals surface area contributed by atoms with Crippen LogP contribution in [0, 0.1) is 5.82 Å². The summed E-state index contributed by atoms with van der Waals surface area (Å²) < 4.78 is 110. The zero-order valence-electron chi connectivity index (χ0n) is 12.3. The second-order valence-electron chi connectivity index (χ2n) is 5.39. The Balaban J connectivity index is 2.10. The molecule has 1 aliphatic rings. The molecule has 2 aromatic carbocycles. The number of rotatable bonds is 3. The molecule has 0 heterocycles. The van der Waals surface area contributed by atoms with Crippen molar-refractivity contribution in [3.63, 3.8) is 0 Å². The number of ether oxygens (including phenoxy) is 1. The van der Waals surface area contributed by atoms with Gasteiger partial charge in [-0.25, -0.2) is 13.2 Å². The standard InChI is InChI=1S/C16H6F8O2/c17-7-3-6(14(18)19)4-8(5-7)26-10-2-1-9(16(22,23)24)11-12(10)15(20,21)13(11)25/h1-5,14H. The molecular formula is C16H6F8O2. The monoisotopic (exact) mass is 382 g/mol. The normalized spacial score (nSPS) is 15.7. The van der Waals surface area contributed by atoms with Crippen molar-refractivity contribution in [3.8, 4) is 11.5 Å². The summed E-state index contributed by atoms with van der Waals surface area (Å²) >= 11 is 0. The molecule has 0 radical (unpaired) electrons. The van der Waals surface area contributed by atoms with Crippen LogP contribution in [-0.2, 0) is 12.1 Å². The van der Waals surface area contributed by atoms with Gasteiger partial charge in [0.1, 0.15) is 17.3 Å². The molecule has 0 saturated carbocycles. The first-order valence-corrected chi connectivity index (χ1v) is 6.86. The van der Waals surface area contributed by atoms with Gasteiger partial charge in [0.25, 0.3) is 6.43 Å². The van der Waals surface area contributed by atoms with E-state index in [1.807, 2.05) is 0 Å². The molecule has 2 nitrogen and oxygen atoms in total. The maximum absolute atomic E-state index is 13.8. The van der Waals surface area contributed by atoms with E-state index in [0.29, 0.717) is 30.3 Å². The minimum atomic E-state index is -5.06. The van der Waals surface area contributed by atoms with Crippen LogP contribution in [-0.4, -0.2) is 5.78 Å². The summed E-state index contributed by atoms with van der Waals surface area (Å²) in [6, 6.07) is 2.61. The Labute approximate surface area is 140 Å². The molecule has 0 fully saturated rings. The van der Waals surface area contributed by atoms with E-state index in [1.54, 1.807) is 0 Å². The Morgan fingerprint density at radius 3 is 2.27 bits per heavy atom. The van der Waals surface area contributed by atoms with Crippen LogP contribution in [0.25, 0.3) is 0 Å². The predicted molar refractivity (Wildman–Crippen MR) is 71.1 cm³/mol. The van der Waals surface area contributed by atoms with E-state index in [0.717, 1.165) is 0 Å². The quantitative estimate of drug-likeness (QED) is 0.622. The van der Waals surface area contributed by atoms with Gasteiger partial charge in [0.15, 0.2) is 0 Å². The van der Waals surface area contributed by atoms with Crippen molar-refractivity contribution in [2.24, 2.45) is 0 Å². The van der Waals surface area contributed by atoms with Gasteiger partial charge in [-0.3, -0.25) is 4.79 Å². The molecule has 0 amide bonds. The number of halogens is 8. The number of benzene rings is 2. The minimum Gasteiger partial charge on any atom is -0.457 e. The van der Waals surface area contributed by atoms with Crippen molar-refractivity contribution in [1.29, 1.82) is 0 Å². The van der Waals surface area contributed by atoms with E-state index in [4.69, 9.17) is 4.74 Å². The largest absolute Gasteiger partial charge is 0.457 e. The number of fused-ring (bicyclic) bond motifs is 1. The SMILES string of the molecule is O=C1c2c(C(F)(F)F)ccc(Oc3cc(F)cc(C(F)F)c3)c2C1(F)F. The summed E-state index contributed by atoms with van der Waals surface area (Å²) in [5, 5.41) is 0. The van der Waals surface area contributed by atoms with Crippen LogP contribution >= 0.6 is 0 Å². The third-order valence-electron chi connectivity index (χ3n) is 3.67. The highest BCUT2D eigenvalue weighted by atomic mass is 19.4. The molecule has 0 bridgehead atoms. The van der Waals surface area contributed by atoms with Gasteiger partial charge >= 0.3 is 12.1 Å². The first-order chi connectivity index (χ1) is 11.9. The first-order valence-electron chi connectivity index (χ1n) is 6.86. The predicted octanol–water partition coefficient (Wildman–Crippen LogP) is 5.86. The molecule has 26 heavy (non-hydrogen) atoms. The van der Waals surface area contributed by atoms with Gasteiger partial charge in [-0.15, -0.1) is 0 Å². The zero-order valence-corrected chi connectivity index (χ0v) is 12.3. The summed E-state index contributed by atoms with van der Waals surface area (Å²) in [6.07, 6.45) is -8.15. The fourth-order valence-corrected chi connectivity index (χ4v) is 2.56. The van der Waals surface area contributed by atoms with E-state index in [-0.39, 0.29) is 0 Å². The van der Waals surface area contributed by atoms with E-state index >= 15 is 0 Å². The van der Waals surface area contributed by atoms with Crippen molar-refractivity contribution in [2.45, 2.75) is 18.5 Å². The molecule has 0 atom stereocenters. The number of alkyl halides is 7. The highest BCUT2D eigenvalue weighted by Gasteiger charge is 2.59. The van der Waals surface area contributed by atoms with E-state index in [2.05, 4.69) is 0 Å². The lowest BCUT2D eigenvalue weighted by atomic mass is 9.79. The van der Waals surface area contributed by atoms with E-state index in [9.17, 15) is 39.9 Å². The molecule has 0 spiro atoms. The Morgan fingerprint density at radius 2 is 1.69 bits per heavy atom. The topological polar surface area (TPSA) is 26.3 Å². The summed E-state index contributed by atoms with van der Waals surface area (Å²) in [5.41, 5.74) is -4.96. The van der Waals surface area contributed by atoms with Crippen molar-refractivity contribution < 1.29 is 44.7 Å². The Bertz CT molecular complexity index is 902. The Hall–Kier alpha value is -2.65. The molecule has 0 saturated heterocycles. The molecule has 0 aromatic heterocycles. The van der Waals surface area contributed by atoms with Gasteiger partial charge in [-0.05, 0) is 24.3 Å². The van der Waals surface area contributed by atoms with Crippen molar-refractivity contribution >= 4 is 5.78 Å². The van der Waals surface area contributed by atoms with Gasteiger partial charge in [-0.1, -0.05) is 0 Å². The molecule has 1 aliphatic carbocycles. The van der Waals surface area contributed by atoms with Gasteiger partial charge in [-0.2, -0.15) is 22.0 Å². The van der Waals surface area contributed by atoms with Gasteiger partial charge in [0.2, 0.25) is 5.78 Å². The highest BCUT2D eigenvalue weighted by molar-refractivity contribution is 6.13. The summed E-state index contributed by atoms with van der Waals surface area (Å²) in [7, 11) is 0. The molecule has 0 N–H and O–H groups in total. The fourth-order valence-electron chi connectivity index (χ4n) is 2.56. The van der Waals surface area contributed by atoms with Crippen LogP contribution in [0.1, 0.15) is 33.5 Å². The highest BCUT2D eigenvalue weighted by Crippen LogP contribution is 2.53. The van der Waals surface area contributed by atoms with Gasteiger partial charge in [0, 0.05) is 11.6 Å². The van der Waals surface area contributed by atoms with Crippen molar-refractivity contribution in [3.05, 3.63) is 58.4 Å². The molecule has 2 aromatic rings. The number of ketones is 1. The Morgan fingerprint density at radius 1 is 1.04 bits per heavy atom. The lowest BCUT2D eigenvalue weighted by molar-refractivity contribution is -0.139. The molecule has 3 rings (SSSR count). The number of carbonyl (C=O) groups is 1. The van der Waals surface area contributed by atoms with E-state index in [1.165, 1.54) is 0 Å². The van der Waals surface area contributed by atoms with Crippen LogP contribution in [0.3, 0.4) is 0 Å². The summed E-state index contributed by atoms with van der Waals surface area (Å²) in [5.74, 6) is -8.91. The average Bonchev–Trinajstić information content (AvgIpc) is 2.52. The Kier molecular flexibility index (Phi) is 3.97. The molecular weight excluding hydrogens is 376 g/mol. The summed E-state index contributed by atoms with van der Waals surface area (Å²) in [6.45, 7) is 0. The fraction of sp³-hybridized carbons (Fsp3) is 0.188. The molecule has 138 valence electrons. The maximum atomic E-state index is 13.8. The maximum Gasteiger partial charge on any atom is 0.417 e. The number of hydrogen-bond donors (Lipinski definition) is 0. The smallest absolute Gasteiger partial charge is 0.417 e. The molecule has 10 heteroatoms. The average molecular weight is 382 g/mol. The molecule has 0 aliphatic heterocycles. The van der Waals surface area contributed by atoms with Crippen molar-refractivity contribution in [1.82, 2.24) is 0 Å². The van der Waals surface area contributed by atoms with Crippen LogP contribution in [0.15, 0.2) is 30.3 Å². The van der Waals surface area contributed by atoms with Crippen molar-refractivity contribution in [2.75, 3.05) is 0 Å². The third kappa shape index (κ3) is 2.78. The zero-order chi connectivity index (χ0) is 19.4. The number of carbonyl (C=O) groups excluding carboxylic acids is 1. The van der Waals surface area contributed by atoms with Crippen LogP contribution in [0.2, 0.25) is 0 Å². The van der Waals surface area contributed by atoms with Crippen LogP contribution in [0.4, 0.5) is 35.1 Å². The second kappa shape index (κ2) is 5.68. The second-order valence-corrected chi connectivity index (χ2v) is 5.39. The summed E-state index contributed by atoms with van der Waals surface area (Å²) in [4.78, 5) is 11.4. The first kappa shape index (κ1) is 18.2. The van der Waals surface area contributed by atoms with Gasteiger partial charge < -0.3 is 4.74 Å². The molecule has 0 unspecified atom stereocenters. The lowest BCUT2D eigenvalue weighted by Crippen LogP contribution is -2.41. The van der Waals surface area contributed by atoms with Crippen LogP contribution in [0.5, 0.6) is 11.5 Å². The van der Waals surface area contributed by atoms with Gasteiger partial charge in [0.05, 0.1) is 16.7 Å². The third-order valence-corrected chi connectivity index (χ3v) is 3.67. The minimum absolute atomic E-state index is 0.356. The number of Topliss-reactive ketones (excluding diaryl/α,β-unsaturated/α-hetero) is 1. The van der Waals surface area contributed by atoms with E-state index < -0.39 is 63.9 Å². The lowest BCUT2D eigenvalue weighted by Gasteiger charge is -2.32. The van der Waals surface area contributed by atoms with Crippen LogP contribution < -0.4 is 4.74 Å².